The zero-order valence-electron chi connectivity index (χ0n) is 9.31. The second kappa shape index (κ2) is 3.55. The molecule has 0 aliphatic heterocycles. The number of aryl methyl sites for hydroxylation is 1. The molecule has 0 spiro atoms. The van der Waals surface area contributed by atoms with E-state index >= 15 is 0 Å². The van der Waals surface area contributed by atoms with Crippen molar-refractivity contribution >= 4 is 16.7 Å². The fourth-order valence-corrected chi connectivity index (χ4v) is 2.04. The van der Waals surface area contributed by atoms with Crippen LogP contribution in [0.2, 0.25) is 0 Å². The zero-order valence-corrected chi connectivity index (χ0v) is 9.31. The number of anilines is 1. The summed E-state index contributed by atoms with van der Waals surface area (Å²) in [5.41, 5.74) is 9.52. The van der Waals surface area contributed by atoms with Crippen LogP contribution < -0.4 is 5.73 Å². The average molecular weight is 225 g/mol. The lowest BCUT2D eigenvalue weighted by Gasteiger charge is -2.02. The highest BCUT2D eigenvalue weighted by atomic mass is 15.2. The molecule has 3 N–H and O–H groups in total. The van der Waals surface area contributed by atoms with Crippen molar-refractivity contribution in [1.29, 1.82) is 0 Å². The lowest BCUT2D eigenvalue weighted by Crippen LogP contribution is -1.98. The van der Waals surface area contributed by atoms with E-state index in [0.717, 1.165) is 22.2 Å². The van der Waals surface area contributed by atoms with Gasteiger partial charge in [0.25, 0.3) is 0 Å². The molecule has 2 aromatic heterocycles. The van der Waals surface area contributed by atoms with E-state index in [-0.39, 0.29) is 0 Å². The van der Waals surface area contributed by atoms with Crippen molar-refractivity contribution < 1.29 is 0 Å². The fourth-order valence-electron chi connectivity index (χ4n) is 2.04. The Morgan fingerprint density at radius 1 is 1.24 bits per heavy atom. The third-order valence-electron chi connectivity index (χ3n) is 2.78. The maximum absolute atomic E-state index is 5.84. The number of para-hydroxylation sites is 1. The Morgan fingerprint density at radius 3 is 2.88 bits per heavy atom. The van der Waals surface area contributed by atoms with Gasteiger partial charge >= 0.3 is 0 Å². The first-order valence-corrected chi connectivity index (χ1v) is 5.28. The number of H-pyrrole nitrogens is 1. The van der Waals surface area contributed by atoms with Crippen molar-refractivity contribution in [3.8, 4) is 11.3 Å². The topological polar surface area (TPSA) is 80.5 Å². The summed E-state index contributed by atoms with van der Waals surface area (Å²) < 4.78 is 0. The van der Waals surface area contributed by atoms with Crippen LogP contribution in [0.4, 0.5) is 5.82 Å². The number of rotatable bonds is 1. The van der Waals surface area contributed by atoms with Gasteiger partial charge in [-0.1, -0.05) is 18.2 Å². The molecular formula is C12H11N5. The molecule has 0 aliphatic carbocycles. The summed E-state index contributed by atoms with van der Waals surface area (Å²) in [6.07, 6.45) is 1.35. The highest BCUT2D eigenvalue weighted by Gasteiger charge is 2.14. The van der Waals surface area contributed by atoms with E-state index in [9.17, 15) is 0 Å². The summed E-state index contributed by atoms with van der Waals surface area (Å²) in [5, 5.41) is 8.95. The Bertz CT molecular complexity index is 686. The summed E-state index contributed by atoms with van der Waals surface area (Å²) in [6.45, 7) is 1.99. The summed E-state index contributed by atoms with van der Waals surface area (Å²) in [5.74, 6) is 0.396. The largest absolute Gasteiger partial charge is 0.382 e. The number of nitrogen functional groups attached to an aromatic ring is 1. The highest BCUT2D eigenvalue weighted by Crippen LogP contribution is 2.32. The van der Waals surface area contributed by atoms with Crippen LogP contribution in [0.5, 0.6) is 0 Å². The molecule has 84 valence electrons. The summed E-state index contributed by atoms with van der Waals surface area (Å²) in [6, 6.07) is 8.02. The van der Waals surface area contributed by atoms with E-state index in [0.29, 0.717) is 11.5 Å². The molecule has 3 rings (SSSR count). The quantitative estimate of drug-likeness (QED) is 0.663. The molecule has 3 aromatic rings. The van der Waals surface area contributed by atoms with Gasteiger partial charge in [-0.2, -0.15) is 0 Å². The fraction of sp³-hybridized carbons (Fsp3) is 0.0833. The Labute approximate surface area is 97.7 Å². The lowest BCUT2D eigenvalue weighted by atomic mass is 10.1. The van der Waals surface area contributed by atoms with Gasteiger partial charge in [0.2, 0.25) is 0 Å². The second-order valence-electron chi connectivity index (χ2n) is 3.86. The third-order valence-corrected chi connectivity index (χ3v) is 2.78. The predicted molar refractivity (Wildman–Crippen MR) is 66.3 cm³/mol. The van der Waals surface area contributed by atoms with Gasteiger partial charge in [-0.25, -0.2) is 4.98 Å². The van der Waals surface area contributed by atoms with Crippen LogP contribution in [0.25, 0.3) is 22.2 Å². The van der Waals surface area contributed by atoms with Gasteiger partial charge in [0.1, 0.15) is 12.0 Å². The van der Waals surface area contributed by atoms with Crippen molar-refractivity contribution in [3.63, 3.8) is 0 Å². The van der Waals surface area contributed by atoms with Gasteiger partial charge in [-0.15, -0.1) is 10.2 Å². The minimum atomic E-state index is 0.396. The Balaban J connectivity index is 2.38. The maximum atomic E-state index is 5.84. The van der Waals surface area contributed by atoms with Gasteiger partial charge < -0.3 is 10.7 Å². The van der Waals surface area contributed by atoms with E-state index in [2.05, 4.69) is 20.2 Å². The van der Waals surface area contributed by atoms with Gasteiger partial charge in [-0.05, 0) is 13.0 Å². The standard InChI is InChI=1S/C12H11N5/c1-7-10(11-12(13)14-6-15-17-11)8-4-2-3-5-9(8)16-7/h2-6,16H,1H3,(H2,13,14,15). The molecule has 1 aromatic carbocycles. The van der Waals surface area contributed by atoms with Crippen LogP contribution in [0.3, 0.4) is 0 Å². The minimum Gasteiger partial charge on any atom is -0.382 e. The number of hydrogen-bond acceptors (Lipinski definition) is 4. The number of nitrogens with zero attached hydrogens (tertiary/aromatic N) is 3. The number of aromatic amines is 1. The third kappa shape index (κ3) is 1.44. The molecular weight excluding hydrogens is 214 g/mol. The molecule has 0 fully saturated rings. The van der Waals surface area contributed by atoms with Crippen LogP contribution in [-0.4, -0.2) is 20.2 Å². The lowest BCUT2D eigenvalue weighted by molar-refractivity contribution is 0.982. The molecule has 0 unspecified atom stereocenters. The van der Waals surface area contributed by atoms with Gasteiger partial charge in [-0.3, -0.25) is 0 Å². The number of benzene rings is 1. The van der Waals surface area contributed by atoms with Crippen LogP contribution in [0.1, 0.15) is 5.69 Å². The molecule has 17 heavy (non-hydrogen) atoms. The van der Waals surface area contributed by atoms with Crippen LogP contribution in [-0.2, 0) is 0 Å². The number of fused-ring (bicyclic) bond motifs is 1. The number of nitrogens with two attached hydrogens (primary N) is 1. The first kappa shape index (κ1) is 9.77. The average Bonchev–Trinajstić information content (AvgIpc) is 2.66. The molecule has 2 heterocycles. The first-order valence-electron chi connectivity index (χ1n) is 5.28. The van der Waals surface area contributed by atoms with E-state index < -0.39 is 0 Å². The van der Waals surface area contributed by atoms with Crippen LogP contribution in [0, 0.1) is 6.92 Å². The van der Waals surface area contributed by atoms with Crippen molar-refractivity contribution in [3.05, 3.63) is 36.3 Å². The molecule has 0 atom stereocenters. The van der Waals surface area contributed by atoms with Crippen molar-refractivity contribution in [2.24, 2.45) is 0 Å². The molecule has 0 radical (unpaired) electrons. The molecule has 0 bridgehead atoms. The molecule has 0 amide bonds. The molecule has 0 aliphatic rings. The van der Waals surface area contributed by atoms with Gasteiger partial charge in [0, 0.05) is 22.2 Å². The zero-order chi connectivity index (χ0) is 11.8. The normalized spacial score (nSPS) is 10.9. The van der Waals surface area contributed by atoms with Gasteiger partial charge in [0.05, 0.1) is 0 Å². The molecule has 0 saturated carbocycles. The van der Waals surface area contributed by atoms with E-state index in [1.807, 2.05) is 31.2 Å². The van der Waals surface area contributed by atoms with Crippen molar-refractivity contribution in [1.82, 2.24) is 20.2 Å². The van der Waals surface area contributed by atoms with Gasteiger partial charge in [0.15, 0.2) is 5.82 Å². The SMILES string of the molecule is Cc1[nH]c2ccccc2c1-c1nncnc1N. The monoisotopic (exact) mass is 225 g/mol. The second-order valence-corrected chi connectivity index (χ2v) is 3.86. The van der Waals surface area contributed by atoms with Crippen molar-refractivity contribution in [2.75, 3.05) is 5.73 Å². The van der Waals surface area contributed by atoms with E-state index in [1.165, 1.54) is 6.33 Å². The molecule has 5 nitrogen and oxygen atoms in total. The van der Waals surface area contributed by atoms with Crippen LogP contribution >= 0.6 is 0 Å². The molecule has 5 heteroatoms. The summed E-state index contributed by atoms with van der Waals surface area (Å²) >= 11 is 0. The highest BCUT2D eigenvalue weighted by molar-refractivity contribution is 5.98. The Hall–Kier alpha value is -2.43. The predicted octanol–water partition coefficient (Wildman–Crippen LogP) is 1.91. The Kier molecular flexibility index (Phi) is 2.04. The summed E-state index contributed by atoms with van der Waals surface area (Å²) in [4.78, 5) is 7.27. The van der Waals surface area contributed by atoms with Crippen LogP contribution in [0.15, 0.2) is 30.6 Å². The molecule has 0 saturated heterocycles. The minimum absolute atomic E-state index is 0.396. The number of nitrogens with one attached hydrogen (secondary N) is 1. The van der Waals surface area contributed by atoms with E-state index in [1.54, 1.807) is 0 Å². The smallest absolute Gasteiger partial charge is 0.153 e. The maximum Gasteiger partial charge on any atom is 0.153 e. The summed E-state index contributed by atoms with van der Waals surface area (Å²) in [7, 11) is 0. The number of hydrogen-bond donors (Lipinski definition) is 2. The Morgan fingerprint density at radius 2 is 2.06 bits per heavy atom. The van der Waals surface area contributed by atoms with Crippen molar-refractivity contribution in [2.45, 2.75) is 6.92 Å². The first-order chi connectivity index (χ1) is 8.27. The van der Waals surface area contributed by atoms with E-state index in [4.69, 9.17) is 5.73 Å². The number of aromatic nitrogens is 4.